The van der Waals surface area contributed by atoms with Crippen molar-refractivity contribution in [2.45, 2.75) is 97.4 Å². The summed E-state index contributed by atoms with van der Waals surface area (Å²) in [6, 6.07) is 0. The van der Waals surface area contributed by atoms with E-state index in [9.17, 15) is 19.8 Å². The quantitative estimate of drug-likeness (QED) is 0.544. The number of carbonyl (C=O) groups is 2. The van der Waals surface area contributed by atoms with Crippen molar-refractivity contribution in [1.82, 2.24) is 0 Å². The summed E-state index contributed by atoms with van der Waals surface area (Å²) in [7, 11) is 0. The Morgan fingerprint density at radius 2 is 1.94 bits per heavy atom. The third kappa shape index (κ3) is 3.39. The van der Waals surface area contributed by atoms with Crippen LogP contribution in [0.2, 0.25) is 0 Å². The van der Waals surface area contributed by atoms with E-state index in [0.29, 0.717) is 43.3 Å². The molecule has 0 bridgehead atoms. The number of hydrogen-bond donors (Lipinski definition) is 2. The van der Waals surface area contributed by atoms with Gasteiger partial charge in [0.2, 0.25) is 0 Å². The number of carbonyl (C=O) groups excluding carboxylic acids is 2. The van der Waals surface area contributed by atoms with E-state index in [4.69, 9.17) is 9.47 Å². The van der Waals surface area contributed by atoms with Gasteiger partial charge in [-0.3, -0.25) is 4.79 Å². The lowest BCUT2D eigenvalue weighted by atomic mass is 9.42. The Kier molecular flexibility index (Phi) is 6.57. The fourth-order valence-corrected chi connectivity index (χ4v) is 9.76. The summed E-state index contributed by atoms with van der Waals surface area (Å²) >= 11 is 0. The molecule has 1 aliphatic heterocycles. The molecule has 10 atom stereocenters. The van der Waals surface area contributed by atoms with Gasteiger partial charge < -0.3 is 19.7 Å². The van der Waals surface area contributed by atoms with Crippen LogP contribution < -0.4 is 0 Å². The molecule has 0 aromatic rings. The number of aliphatic hydroxyl groups excluding tert-OH is 2. The molecule has 0 aromatic heterocycles. The summed E-state index contributed by atoms with van der Waals surface area (Å²) in [5.74, 6) is 1.26. The lowest BCUT2D eigenvalue weighted by Gasteiger charge is -2.64. The Hall–Kier alpha value is -1.50. The molecule has 200 valence electrons. The molecule has 3 saturated carbocycles. The van der Waals surface area contributed by atoms with Crippen molar-refractivity contribution in [3.8, 4) is 0 Å². The fraction of sp³-hybridized carbons (Fsp3) is 0.800. The number of esters is 1. The summed E-state index contributed by atoms with van der Waals surface area (Å²) < 4.78 is 12.2. The van der Waals surface area contributed by atoms with Crippen LogP contribution in [0.25, 0.3) is 0 Å². The number of rotatable bonds is 5. The molecule has 1 heterocycles. The minimum absolute atomic E-state index is 0.0805. The number of cyclic esters (lactones) is 1. The molecule has 5 aliphatic rings. The number of hydrogen-bond acceptors (Lipinski definition) is 6. The molecular formula is C30H44O6. The van der Waals surface area contributed by atoms with Crippen LogP contribution in [0, 0.1) is 40.4 Å². The highest BCUT2D eigenvalue weighted by atomic mass is 16.5. The molecule has 10 unspecified atom stereocenters. The van der Waals surface area contributed by atoms with E-state index in [2.05, 4.69) is 20.8 Å². The van der Waals surface area contributed by atoms with E-state index in [1.807, 2.05) is 19.9 Å². The topological polar surface area (TPSA) is 93.1 Å². The number of ketones is 1. The number of ether oxygens (including phenoxy) is 2. The van der Waals surface area contributed by atoms with Crippen molar-refractivity contribution >= 4 is 11.8 Å². The van der Waals surface area contributed by atoms with Crippen LogP contribution in [0.3, 0.4) is 0 Å². The van der Waals surface area contributed by atoms with Gasteiger partial charge in [0.05, 0.1) is 23.7 Å². The van der Waals surface area contributed by atoms with Crippen molar-refractivity contribution < 1.29 is 29.3 Å². The largest absolute Gasteiger partial charge is 0.458 e. The van der Waals surface area contributed by atoms with E-state index in [1.54, 1.807) is 6.08 Å². The second-order valence-corrected chi connectivity index (χ2v) is 12.8. The van der Waals surface area contributed by atoms with Crippen LogP contribution in [0.4, 0.5) is 0 Å². The van der Waals surface area contributed by atoms with E-state index < -0.39 is 17.1 Å². The first-order valence-electron chi connectivity index (χ1n) is 14.1. The van der Waals surface area contributed by atoms with E-state index in [1.165, 1.54) is 0 Å². The van der Waals surface area contributed by atoms with E-state index >= 15 is 0 Å². The second-order valence-electron chi connectivity index (χ2n) is 12.8. The second kappa shape index (κ2) is 9.06. The van der Waals surface area contributed by atoms with Gasteiger partial charge in [-0.2, -0.15) is 0 Å². The maximum Gasteiger partial charge on any atom is 0.336 e. The molecule has 3 fully saturated rings. The molecule has 0 spiro atoms. The standard InChI is InChI=1S/C30H44O6/c1-6-35-30-12-7-8-25(32)29(30,5)23-11-13-28(4)21(9-10-22(28)19(23)15-26(30)33)18(3)24-14-17(2)20(16-31)27(34)36-24/h7-8,18-19,21-24,26,31,33H,6,9-16H2,1-5H3. The van der Waals surface area contributed by atoms with Crippen LogP contribution in [-0.2, 0) is 19.1 Å². The van der Waals surface area contributed by atoms with Crippen molar-refractivity contribution in [2.75, 3.05) is 13.2 Å². The molecule has 0 saturated heterocycles. The molecule has 5 rings (SSSR count). The molecule has 36 heavy (non-hydrogen) atoms. The third-order valence-electron chi connectivity index (χ3n) is 11.7. The highest BCUT2D eigenvalue weighted by molar-refractivity contribution is 5.97. The number of allylic oxidation sites excluding steroid dienone is 1. The summed E-state index contributed by atoms with van der Waals surface area (Å²) in [6.07, 6.45) is 8.89. The molecule has 6 nitrogen and oxygen atoms in total. The van der Waals surface area contributed by atoms with Crippen LogP contribution in [-0.4, -0.2) is 53.0 Å². The molecule has 0 aromatic carbocycles. The highest BCUT2D eigenvalue weighted by Crippen LogP contribution is 2.69. The first-order chi connectivity index (χ1) is 17.0. The maximum atomic E-state index is 13.5. The monoisotopic (exact) mass is 500 g/mol. The zero-order chi connectivity index (χ0) is 26.0. The Balaban J connectivity index is 1.43. The van der Waals surface area contributed by atoms with E-state index in [0.717, 1.165) is 31.3 Å². The Bertz CT molecular complexity index is 984. The molecule has 0 amide bonds. The summed E-state index contributed by atoms with van der Waals surface area (Å²) in [6.45, 7) is 10.8. The molecule has 6 heteroatoms. The average Bonchev–Trinajstić information content (AvgIpc) is 3.18. The SMILES string of the molecule is CCOC12CC=CC(=O)C1(C)C1CCC3(C)C(C(C)C4CC(C)=C(CO)C(=O)O4)CCC3C1CC2O. The summed E-state index contributed by atoms with van der Waals surface area (Å²) in [5.41, 5.74) is -0.126. The highest BCUT2D eigenvalue weighted by Gasteiger charge is 2.70. The molecule has 0 radical (unpaired) electrons. The minimum atomic E-state index is -0.835. The first kappa shape index (κ1) is 26.1. The minimum Gasteiger partial charge on any atom is -0.458 e. The predicted molar refractivity (Wildman–Crippen MR) is 136 cm³/mol. The van der Waals surface area contributed by atoms with Gasteiger partial charge in [0.25, 0.3) is 0 Å². The zero-order valence-corrected chi connectivity index (χ0v) is 22.6. The summed E-state index contributed by atoms with van der Waals surface area (Å²) in [4.78, 5) is 26.1. The van der Waals surface area contributed by atoms with Gasteiger partial charge >= 0.3 is 5.97 Å². The first-order valence-corrected chi connectivity index (χ1v) is 14.1. The smallest absolute Gasteiger partial charge is 0.336 e. The Morgan fingerprint density at radius 1 is 1.19 bits per heavy atom. The normalized spacial score (nSPS) is 47.2. The molecule has 2 N–H and O–H groups in total. The van der Waals surface area contributed by atoms with Crippen molar-refractivity contribution in [3.63, 3.8) is 0 Å². The van der Waals surface area contributed by atoms with Crippen LogP contribution >= 0.6 is 0 Å². The lowest BCUT2D eigenvalue weighted by Crippen LogP contribution is -2.70. The molecule has 4 aliphatic carbocycles. The average molecular weight is 501 g/mol. The van der Waals surface area contributed by atoms with Gasteiger partial charge in [-0.15, -0.1) is 0 Å². The Morgan fingerprint density at radius 3 is 2.61 bits per heavy atom. The zero-order valence-electron chi connectivity index (χ0n) is 22.6. The Labute approximate surface area is 215 Å². The van der Waals surface area contributed by atoms with Crippen LogP contribution in [0.1, 0.15) is 79.6 Å². The van der Waals surface area contributed by atoms with Crippen LogP contribution in [0.5, 0.6) is 0 Å². The fourth-order valence-electron chi connectivity index (χ4n) is 9.76. The third-order valence-corrected chi connectivity index (χ3v) is 11.7. The van der Waals surface area contributed by atoms with Crippen molar-refractivity contribution in [3.05, 3.63) is 23.3 Å². The number of aliphatic hydroxyl groups is 2. The summed E-state index contributed by atoms with van der Waals surface area (Å²) in [5, 5.41) is 21.2. The van der Waals surface area contributed by atoms with Gasteiger partial charge in [-0.05, 0) is 100 Å². The van der Waals surface area contributed by atoms with Gasteiger partial charge in [-0.1, -0.05) is 25.5 Å². The lowest BCUT2D eigenvalue weighted by molar-refractivity contribution is -0.250. The number of fused-ring (bicyclic) bond motifs is 5. The van der Waals surface area contributed by atoms with Gasteiger partial charge in [-0.25, -0.2) is 4.79 Å². The molecular weight excluding hydrogens is 456 g/mol. The van der Waals surface area contributed by atoms with Gasteiger partial charge in [0.15, 0.2) is 5.78 Å². The van der Waals surface area contributed by atoms with Crippen molar-refractivity contribution in [1.29, 1.82) is 0 Å². The van der Waals surface area contributed by atoms with Crippen molar-refractivity contribution in [2.24, 2.45) is 40.4 Å². The van der Waals surface area contributed by atoms with E-state index in [-0.39, 0.29) is 47.6 Å². The van der Waals surface area contributed by atoms with Gasteiger partial charge in [0.1, 0.15) is 11.7 Å². The predicted octanol–water partition coefficient (Wildman–Crippen LogP) is 4.38. The van der Waals surface area contributed by atoms with Crippen LogP contribution in [0.15, 0.2) is 23.3 Å². The maximum absolute atomic E-state index is 13.5. The van der Waals surface area contributed by atoms with Gasteiger partial charge in [0, 0.05) is 13.0 Å².